The fraction of sp³-hybridized carbons (Fsp3) is 0.400. The van der Waals surface area contributed by atoms with Crippen molar-refractivity contribution in [2.75, 3.05) is 0 Å². The topological polar surface area (TPSA) is 136 Å². The molecule has 8 nitrogen and oxygen atoms in total. The molecule has 0 aromatic carbocycles. The molecule has 0 saturated heterocycles. The summed E-state index contributed by atoms with van der Waals surface area (Å²) in [5.41, 5.74) is 5.39. The van der Waals surface area contributed by atoms with Crippen LogP contribution in [0.4, 0.5) is 0 Å². The number of primary amides is 1. The molecule has 1 aromatic rings. The number of rotatable bonds is 5. The van der Waals surface area contributed by atoms with Gasteiger partial charge >= 0.3 is 5.97 Å². The lowest BCUT2D eigenvalue weighted by Gasteiger charge is -2.11. The Kier molecular flexibility index (Phi) is 4.03. The molecule has 2 amide bonds. The Balaban J connectivity index is 2.82. The number of carboxylic acid groups (broad SMARTS) is 1. The molecule has 0 aliphatic heterocycles. The van der Waals surface area contributed by atoms with E-state index in [1.54, 1.807) is 13.8 Å². The van der Waals surface area contributed by atoms with Gasteiger partial charge in [-0.25, -0.2) is 4.79 Å². The number of aromatic nitrogens is 1. The van der Waals surface area contributed by atoms with Crippen LogP contribution in [0.3, 0.4) is 0 Å². The first-order valence-corrected chi connectivity index (χ1v) is 5.07. The first-order valence-electron chi connectivity index (χ1n) is 5.07. The summed E-state index contributed by atoms with van der Waals surface area (Å²) in [6.45, 7) is 3.24. The first-order chi connectivity index (χ1) is 8.32. The summed E-state index contributed by atoms with van der Waals surface area (Å²) >= 11 is 0. The van der Waals surface area contributed by atoms with Crippen LogP contribution in [0.25, 0.3) is 0 Å². The van der Waals surface area contributed by atoms with Gasteiger partial charge in [0.05, 0.1) is 6.42 Å². The van der Waals surface area contributed by atoms with E-state index < -0.39 is 30.2 Å². The maximum absolute atomic E-state index is 11.7. The third-order valence-corrected chi connectivity index (χ3v) is 2.38. The Hall–Kier alpha value is -2.38. The molecule has 0 unspecified atom stereocenters. The van der Waals surface area contributed by atoms with Crippen LogP contribution < -0.4 is 11.1 Å². The third-order valence-electron chi connectivity index (χ3n) is 2.38. The van der Waals surface area contributed by atoms with E-state index in [-0.39, 0.29) is 5.69 Å². The van der Waals surface area contributed by atoms with Gasteiger partial charge in [0.2, 0.25) is 5.91 Å². The summed E-state index contributed by atoms with van der Waals surface area (Å²) in [5.74, 6) is -2.43. The summed E-state index contributed by atoms with van der Waals surface area (Å²) < 4.78 is 4.79. The van der Waals surface area contributed by atoms with E-state index in [0.717, 1.165) is 0 Å². The van der Waals surface area contributed by atoms with Crippen molar-refractivity contribution >= 4 is 17.8 Å². The average molecular weight is 255 g/mol. The van der Waals surface area contributed by atoms with Crippen LogP contribution in [0.1, 0.15) is 28.2 Å². The largest absolute Gasteiger partial charge is 0.480 e. The Labute approximate surface area is 102 Å². The highest BCUT2D eigenvalue weighted by Crippen LogP contribution is 2.11. The van der Waals surface area contributed by atoms with Crippen molar-refractivity contribution in [2.24, 2.45) is 5.73 Å². The second kappa shape index (κ2) is 5.30. The van der Waals surface area contributed by atoms with E-state index in [1.165, 1.54) is 0 Å². The Morgan fingerprint density at radius 1 is 1.44 bits per heavy atom. The molecule has 0 spiro atoms. The van der Waals surface area contributed by atoms with Gasteiger partial charge in [0, 0.05) is 5.56 Å². The second-order valence-corrected chi connectivity index (χ2v) is 3.75. The lowest BCUT2D eigenvalue weighted by atomic mass is 10.1. The predicted octanol–water partition coefficient (Wildman–Crippen LogP) is -0.650. The van der Waals surface area contributed by atoms with Crippen LogP contribution in [-0.4, -0.2) is 34.1 Å². The Morgan fingerprint density at radius 2 is 2.06 bits per heavy atom. The molecule has 0 bridgehead atoms. The quantitative estimate of drug-likeness (QED) is 0.639. The summed E-state index contributed by atoms with van der Waals surface area (Å²) in [4.78, 5) is 33.2. The first kappa shape index (κ1) is 13.7. The summed E-state index contributed by atoms with van der Waals surface area (Å²) in [7, 11) is 0. The third kappa shape index (κ3) is 3.06. The van der Waals surface area contributed by atoms with Crippen molar-refractivity contribution in [3.8, 4) is 0 Å². The fourth-order valence-electron chi connectivity index (χ4n) is 1.26. The zero-order valence-electron chi connectivity index (χ0n) is 9.89. The molecule has 98 valence electrons. The SMILES string of the molecule is Cc1onc(C(=O)N[C@@H](CC(N)=O)C(=O)O)c1C. The summed E-state index contributed by atoms with van der Waals surface area (Å²) in [6.07, 6.45) is -0.489. The molecule has 1 aromatic heterocycles. The Morgan fingerprint density at radius 3 is 2.44 bits per heavy atom. The minimum Gasteiger partial charge on any atom is -0.480 e. The van der Waals surface area contributed by atoms with E-state index in [1.807, 2.05) is 0 Å². The van der Waals surface area contributed by atoms with Crippen LogP contribution in [-0.2, 0) is 9.59 Å². The van der Waals surface area contributed by atoms with Gasteiger partial charge in [-0.3, -0.25) is 9.59 Å². The predicted molar refractivity (Wildman–Crippen MR) is 58.7 cm³/mol. The Bertz CT molecular complexity index is 494. The van der Waals surface area contributed by atoms with E-state index in [2.05, 4.69) is 10.5 Å². The fourth-order valence-corrected chi connectivity index (χ4v) is 1.26. The number of aliphatic carboxylic acids is 1. The molecule has 0 saturated carbocycles. The zero-order chi connectivity index (χ0) is 13.9. The number of carbonyl (C=O) groups excluding carboxylic acids is 2. The molecule has 1 heterocycles. The lowest BCUT2D eigenvalue weighted by Crippen LogP contribution is -2.43. The molecular formula is C10H13N3O5. The van der Waals surface area contributed by atoms with Crippen molar-refractivity contribution < 1.29 is 24.0 Å². The van der Waals surface area contributed by atoms with Gasteiger partial charge < -0.3 is 20.7 Å². The van der Waals surface area contributed by atoms with Crippen LogP contribution in [0, 0.1) is 13.8 Å². The number of hydrogen-bond donors (Lipinski definition) is 3. The van der Waals surface area contributed by atoms with Gasteiger partial charge in [-0.2, -0.15) is 0 Å². The molecule has 4 N–H and O–H groups in total. The number of amides is 2. The highest BCUT2D eigenvalue weighted by atomic mass is 16.5. The van der Waals surface area contributed by atoms with Crippen molar-refractivity contribution in [2.45, 2.75) is 26.3 Å². The molecule has 0 radical (unpaired) electrons. The standard InChI is InChI=1S/C10H13N3O5/c1-4-5(2)18-13-8(4)9(15)12-6(10(16)17)3-7(11)14/h6H,3H2,1-2H3,(H2,11,14)(H,12,15)(H,16,17)/t6-/m0/s1. The monoisotopic (exact) mass is 255 g/mol. The number of carboxylic acids is 1. The van der Waals surface area contributed by atoms with E-state index in [4.69, 9.17) is 15.4 Å². The smallest absolute Gasteiger partial charge is 0.326 e. The van der Waals surface area contributed by atoms with Gasteiger partial charge in [0.1, 0.15) is 11.8 Å². The van der Waals surface area contributed by atoms with Crippen LogP contribution >= 0.6 is 0 Å². The normalized spacial score (nSPS) is 11.9. The molecule has 1 rings (SSSR count). The number of carbonyl (C=O) groups is 3. The number of nitrogens with zero attached hydrogens (tertiary/aromatic N) is 1. The van der Waals surface area contributed by atoms with Gasteiger partial charge in [-0.15, -0.1) is 0 Å². The number of hydrogen-bond acceptors (Lipinski definition) is 5. The van der Waals surface area contributed by atoms with Crippen molar-refractivity contribution in [3.63, 3.8) is 0 Å². The molecule has 0 aliphatic rings. The summed E-state index contributed by atoms with van der Waals surface area (Å²) in [6, 6.07) is -1.38. The van der Waals surface area contributed by atoms with Gasteiger partial charge in [0.25, 0.3) is 5.91 Å². The number of nitrogens with one attached hydrogen (secondary N) is 1. The molecule has 18 heavy (non-hydrogen) atoms. The number of aryl methyl sites for hydroxylation is 1. The van der Waals surface area contributed by atoms with Gasteiger partial charge in [-0.1, -0.05) is 5.16 Å². The molecule has 0 fully saturated rings. The second-order valence-electron chi connectivity index (χ2n) is 3.75. The lowest BCUT2D eigenvalue weighted by molar-refractivity contribution is -0.140. The maximum atomic E-state index is 11.7. The molecule has 8 heteroatoms. The van der Waals surface area contributed by atoms with Crippen LogP contribution in [0.5, 0.6) is 0 Å². The highest BCUT2D eigenvalue weighted by molar-refractivity contribution is 5.97. The molecule has 1 atom stereocenters. The van der Waals surface area contributed by atoms with E-state index in [0.29, 0.717) is 11.3 Å². The van der Waals surface area contributed by atoms with Crippen LogP contribution in [0.15, 0.2) is 4.52 Å². The van der Waals surface area contributed by atoms with E-state index in [9.17, 15) is 14.4 Å². The zero-order valence-corrected chi connectivity index (χ0v) is 9.89. The highest BCUT2D eigenvalue weighted by Gasteiger charge is 2.25. The van der Waals surface area contributed by atoms with Gasteiger partial charge in [0.15, 0.2) is 5.69 Å². The van der Waals surface area contributed by atoms with E-state index >= 15 is 0 Å². The minimum absolute atomic E-state index is 0.0109. The molecular weight excluding hydrogens is 242 g/mol. The average Bonchev–Trinajstić information content (AvgIpc) is 2.58. The minimum atomic E-state index is -1.38. The number of nitrogens with two attached hydrogens (primary N) is 1. The van der Waals surface area contributed by atoms with Gasteiger partial charge in [-0.05, 0) is 13.8 Å². The van der Waals surface area contributed by atoms with Crippen LogP contribution in [0.2, 0.25) is 0 Å². The molecule has 0 aliphatic carbocycles. The van der Waals surface area contributed by atoms with Crippen molar-refractivity contribution in [1.82, 2.24) is 10.5 Å². The van der Waals surface area contributed by atoms with Crippen molar-refractivity contribution in [1.29, 1.82) is 0 Å². The maximum Gasteiger partial charge on any atom is 0.326 e. The summed E-state index contributed by atoms with van der Waals surface area (Å²) in [5, 5.41) is 14.5. The van der Waals surface area contributed by atoms with Crippen molar-refractivity contribution in [3.05, 3.63) is 17.0 Å².